The largest absolute Gasteiger partial charge is 0.347 e. The van der Waals surface area contributed by atoms with E-state index in [-0.39, 0.29) is 17.5 Å². The molecule has 6 heteroatoms. The van der Waals surface area contributed by atoms with E-state index in [2.05, 4.69) is 17.9 Å². The Hall–Kier alpha value is -1.56. The second-order valence-corrected chi connectivity index (χ2v) is 5.16. The van der Waals surface area contributed by atoms with E-state index in [0.717, 1.165) is 0 Å². The van der Waals surface area contributed by atoms with Crippen molar-refractivity contribution in [2.75, 3.05) is 13.6 Å². The highest BCUT2D eigenvalue weighted by molar-refractivity contribution is 7.80. The average molecular weight is 282 g/mol. The minimum Gasteiger partial charge on any atom is -0.347 e. The Kier molecular flexibility index (Phi) is 4.09. The van der Waals surface area contributed by atoms with Crippen molar-refractivity contribution < 1.29 is 14.0 Å². The fourth-order valence-corrected chi connectivity index (χ4v) is 2.28. The molecule has 1 atom stereocenters. The molecule has 1 aromatic carbocycles. The highest BCUT2D eigenvalue weighted by atomic mass is 32.1. The summed E-state index contributed by atoms with van der Waals surface area (Å²) in [5.74, 6) is -0.981. The smallest absolute Gasteiger partial charge is 0.254 e. The molecule has 0 aliphatic carbocycles. The zero-order valence-electron chi connectivity index (χ0n) is 10.5. The molecule has 0 bridgehead atoms. The lowest BCUT2D eigenvalue weighted by Crippen LogP contribution is -2.48. The lowest BCUT2D eigenvalue weighted by atomic mass is 10.0. The van der Waals surface area contributed by atoms with Crippen molar-refractivity contribution in [1.29, 1.82) is 0 Å². The van der Waals surface area contributed by atoms with Crippen LogP contribution in [0, 0.1) is 5.82 Å². The number of amides is 2. The number of likely N-dealkylation sites (N-methyl/N-ethyl adjacent to an activating group) is 1. The predicted molar refractivity (Wildman–Crippen MR) is 71.8 cm³/mol. The molecule has 0 aromatic heterocycles. The first kappa shape index (κ1) is 13.9. The van der Waals surface area contributed by atoms with Crippen LogP contribution in [0.2, 0.25) is 0 Å². The number of benzene rings is 1. The van der Waals surface area contributed by atoms with Crippen LogP contribution in [0.1, 0.15) is 23.2 Å². The fraction of sp³-hybridized carbons (Fsp3) is 0.385. The number of likely N-dealkylation sites (tertiary alicyclic amines) is 1. The van der Waals surface area contributed by atoms with Crippen LogP contribution < -0.4 is 5.32 Å². The van der Waals surface area contributed by atoms with Gasteiger partial charge in [0.05, 0.1) is 5.56 Å². The van der Waals surface area contributed by atoms with Crippen molar-refractivity contribution in [2.24, 2.45) is 0 Å². The summed E-state index contributed by atoms with van der Waals surface area (Å²) in [5, 5.41) is 2.75. The van der Waals surface area contributed by atoms with Crippen molar-refractivity contribution in [2.45, 2.75) is 23.8 Å². The standard InChI is InChI=1S/C13H15FN2O2S/c1-16-7-8(2-5-12(16)17)15-13(18)10-6-9(19)3-4-11(10)14/h3-4,6,8,19H,2,5,7H2,1H3,(H,15,18). The first-order valence-corrected chi connectivity index (χ1v) is 6.45. The lowest BCUT2D eigenvalue weighted by Gasteiger charge is -2.30. The number of nitrogens with zero attached hydrogens (tertiary/aromatic N) is 1. The van der Waals surface area contributed by atoms with Gasteiger partial charge in [-0.2, -0.15) is 0 Å². The molecule has 1 heterocycles. The molecular weight excluding hydrogens is 267 g/mol. The van der Waals surface area contributed by atoms with Gasteiger partial charge in [0.25, 0.3) is 5.91 Å². The second-order valence-electron chi connectivity index (χ2n) is 4.65. The Morgan fingerprint density at radius 1 is 1.53 bits per heavy atom. The average Bonchev–Trinajstić information content (AvgIpc) is 2.36. The van der Waals surface area contributed by atoms with Gasteiger partial charge in [0.1, 0.15) is 5.82 Å². The molecule has 1 saturated heterocycles. The molecule has 1 aromatic rings. The van der Waals surface area contributed by atoms with Crippen LogP contribution >= 0.6 is 12.6 Å². The molecule has 0 radical (unpaired) electrons. The van der Waals surface area contributed by atoms with E-state index in [1.54, 1.807) is 11.9 Å². The number of carbonyl (C=O) groups excluding carboxylic acids is 2. The van der Waals surface area contributed by atoms with Crippen LogP contribution in [0.4, 0.5) is 4.39 Å². The predicted octanol–water partition coefficient (Wildman–Crippen LogP) is 1.46. The van der Waals surface area contributed by atoms with E-state index < -0.39 is 11.7 Å². The van der Waals surface area contributed by atoms with Crippen LogP contribution in [0.5, 0.6) is 0 Å². The molecule has 1 N–H and O–H groups in total. The molecule has 0 spiro atoms. The Labute approximate surface area is 116 Å². The highest BCUT2D eigenvalue weighted by Gasteiger charge is 2.25. The molecule has 1 unspecified atom stereocenters. The molecule has 1 aliphatic rings. The number of hydrogen-bond acceptors (Lipinski definition) is 3. The summed E-state index contributed by atoms with van der Waals surface area (Å²) in [6.45, 7) is 0.451. The zero-order chi connectivity index (χ0) is 14.0. The van der Waals surface area contributed by atoms with E-state index in [1.807, 2.05) is 0 Å². The maximum absolute atomic E-state index is 13.6. The monoisotopic (exact) mass is 282 g/mol. The number of halogens is 1. The van der Waals surface area contributed by atoms with E-state index >= 15 is 0 Å². The first-order chi connectivity index (χ1) is 8.97. The number of piperidine rings is 1. The SMILES string of the molecule is CN1CC(NC(=O)c2cc(S)ccc2F)CCC1=O. The van der Waals surface area contributed by atoms with Gasteiger partial charge in [0.2, 0.25) is 5.91 Å². The summed E-state index contributed by atoms with van der Waals surface area (Å²) in [5.41, 5.74) is -0.0212. The summed E-state index contributed by atoms with van der Waals surface area (Å²) < 4.78 is 13.6. The van der Waals surface area contributed by atoms with Crippen LogP contribution in [0.3, 0.4) is 0 Å². The molecule has 4 nitrogen and oxygen atoms in total. The van der Waals surface area contributed by atoms with Gasteiger partial charge in [-0.1, -0.05) is 0 Å². The van der Waals surface area contributed by atoms with Crippen LogP contribution in [0.25, 0.3) is 0 Å². The second kappa shape index (κ2) is 5.61. The van der Waals surface area contributed by atoms with Gasteiger partial charge in [-0.25, -0.2) is 4.39 Å². The molecule has 0 saturated carbocycles. The van der Waals surface area contributed by atoms with E-state index in [0.29, 0.717) is 24.3 Å². The Balaban J connectivity index is 2.05. The summed E-state index contributed by atoms with van der Waals surface area (Å²) in [6.07, 6.45) is 0.980. The Morgan fingerprint density at radius 3 is 2.95 bits per heavy atom. The Morgan fingerprint density at radius 2 is 2.26 bits per heavy atom. The quantitative estimate of drug-likeness (QED) is 0.807. The maximum atomic E-state index is 13.6. The fourth-order valence-electron chi connectivity index (χ4n) is 2.08. The summed E-state index contributed by atoms with van der Waals surface area (Å²) in [6, 6.07) is 3.96. The topological polar surface area (TPSA) is 49.4 Å². The van der Waals surface area contributed by atoms with Crippen molar-refractivity contribution in [1.82, 2.24) is 10.2 Å². The third-order valence-corrected chi connectivity index (χ3v) is 3.43. The van der Waals surface area contributed by atoms with Gasteiger partial charge in [0, 0.05) is 31.0 Å². The Bertz CT molecular complexity index is 521. The molecular formula is C13H15FN2O2S. The van der Waals surface area contributed by atoms with Gasteiger partial charge < -0.3 is 10.2 Å². The van der Waals surface area contributed by atoms with Gasteiger partial charge >= 0.3 is 0 Å². The summed E-state index contributed by atoms with van der Waals surface area (Å²) in [7, 11) is 1.69. The highest BCUT2D eigenvalue weighted by Crippen LogP contribution is 2.15. The van der Waals surface area contributed by atoms with Crippen molar-refractivity contribution >= 4 is 24.4 Å². The maximum Gasteiger partial charge on any atom is 0.254 e. The summed E-state index contributed by atoms with van der Waals surface area (Å²) >= 11 is 4.09. The van der Waals surface area contributed by atoms with Crippen LogP contribution in [0.15, 0.2) is 23.1 Å². The van der Waals surface area contributed by atoms with Gasteiger partial charge in [-0.05, 0) is 24.6 Å². The van der Waals surface area contributed by atoms with Crippen LogP contribution in [-0.4, -0.2) is 36.3 Å². The lowest BCUT2D eigenvalue weighted by molar-refractivity contribution is -0.132. The third kappa shape index (κ3) is 3.26. The minimum absolute atomic E-state index is 0.0212. The van der Waals surface area contributed by atoms with Crippen molar-refractivity contribution in [3.8, 4) is 0 Å². The number of hydrogen-bond donors (Lipinski definition) is 2. The van der Waals surface area contributed by atoms with Gasteiger partial charge in [0.15, 0.2) is 0 Å². The first-order valence-electron chi connectivity index (χ1n) is 6.00. The number of rotatable bonds is 2. The summed E-state index contributed by atoms with van der Waals surface area (Å²) in [4.78, 5) is 25.4. The number of nitrogens with one attached hydrogen (secondary N) is 1. The minimum atomic E-state index is -0.574. The van der Waals surface area contributed by atoms with E-state index in [1.165, 1.54) is 18.2 Å². The van der Waals surface area contributed by atoms with E-state index in [4.69, 9.17) is 0 Å². The third-order valence-electron chi connectivity index (χ3n) is 3.16. The van der Waals surface area contributed by atoms with Gasteiger partial charge in [-0.15, -0.1) is 12.6 Å². The normalized spacial score (nSPS) is 19.4. The zero-order valence-corrected chi connectivity index (χ0v) is 11.4. The van der Waals surface area contributed by atoms with Crippen molar-refractivity contribution in [3.05, 3.63) is 29.6 Å². The number of carbonyl (C=O) groups is 2. The molecule has 2 rings (SSSR count). The molecule has 1 fully saturated rings. The van der Waals surface area contributed by atoms with E-state index in [9.17, 15) is 14.0 Å². The molecule has 1 aliphatic heterocycles. The molecule has 102 valence electrons. The molecule has 19 heavy (non-hydrogen) atoms. The number of thiol groups is 1. The van der Waals surface area contributed by atoms with Crippen LogP contribution in [-0.2, 0) is 4.79 Å². The van der Waals surface area contributed by atoms with Crippen molar-refractivity contribution in [3.63, 3.8) is 0 Å². The van der Waals surface area contributed by atoms with Gasteiger partial charge in [-0.3, -0.25) is 9.59 Å². The molecule has 2 amide bonds.